The SMILES string of the molecule is OC(CSc1nncs1)c1cc(F)ccc1F. The Morgan fingerprint density at radius 2 is 2.24 bits per heavy atom. The first-order chi connectivity index (χ1) is 8.16. The van der Waals surface area contributed by atoms with Crippen LogP contribution in [-0.4, -0.2) is 21.1 Å². The van der Waals surface area contributed by atoms with Crippen LogP contribution in [0.25, 0.3) is 0 Å². The average molecular weight is 274 g/mol. The molecular formula is C10H8F2N2OS2. The highest BCUT2D eigenvalue weighted by Gasteiger charge is 2.14. The summed E-state index contributed by atoms with van der Waals surface area (Å²) >= 11 is 2.58. The van der Waals surface area contributed by atoms with Crippen molar-refractivity contribution >= 4 is 23.1 Å². The Labute approximate surface area is 105 Å². The Hall–Kier alpha value is -1.05. The lowest BCUT2D eigenvalue weighted by Gasteiger charge is -2.10. The van der Waals surface area contributed by atoms with Gasteiger partial charge in [-0.3, -0.25) is 0 Å². The van der Waals surface area contributed by atoms with Crippen LogP contribution >= 0.6 is 23.1 Å². The van der Waals surface area contributed by atoms with E-state index in [2.05, 4.69) is 10.2 Å². The second-order valence-electron chi connectivity index (χ2n) is 3.20. The third-order valence-electron chi connectivity index (χ3n) is 2.02. The smallest absolute Gasteiger partial charge is 0.174 e. The quantitative estimate of drug-likeness (QED) is 0.871. The Morgan fingerprint density at radius 1 is 1.41 bits per heavy atom. The van der Waals surface area contributed by atoms with Crippen molar-refractivity contribution in [2.75, 3.05) is 5.75 Å². The Morgan fingerprint density at radius 3 is 2.94 bits per heavy atom. The van der Waals surface area contributed by atoms with Crippen LogP contribution in [0.5, 0.6) is 0 Å². The molecule has 0 fully saturated rings. The third kappa shape index (κ3) is 3.21. The van der Waals surface area contributed by atoms with Crippen molar-refractivity contribution in [2.24, 2.45) is 0 Å². The molecular weight excluding hydrogens is 266 g/mol. The van der Waals surface area contributed by atoms with Crippen molar-refractivity contribution in [2.45, 2.75) is 10.4 Å². The van der Waals surface area contributed by atoms with Crippen LogP contribution in [0, 0.1) is 11.6 Å². The average Bonchev–Trinajstić information content (AvgIpc) is 2.82. The molecule has 2 rings (SSSR count). The van der Waals surface area contributed by atoms with Gasteiger partial charge in [0, 0.05) is 11.3 Å². The number of aromatic nitrogens is 2. The van der Waals surface area contributed by atoms with E-state index in [1.165, 1.54) is 23.1 Å². The van der Waals surface area contributed by atoms with Crippen molar-refractivity contribution in [1.29, 1.82) is 0 Å². The molecule has 1 atom stereocenters. The minimum atomic E-state index is -1.07. The number of aliphatic hydroxyl groups is 1. The second kappa shape index (κ2) is 5.52. The zero-order chi connectivity index (χ0) is 12.3. The van der Waals surface area contributed by atoms with Gasteiger partial charge in [-0.25, -0.2) is 8.78 Å². The summed E-state index contributed by atoms with van der Waals surface area (Å²) in [5, 5.41) is 17.2. The van der Waals surface area contributed by atoms with Gasteiger partial charge < -0.3 is 5.11 Å². The molecule has 17 heavy (non-hydrogen) atoms. The van der Waals surface area contributed by atoms with Gasteiger partial charge >= 0.3 is 0 Å². The number of nitrogens with zero attached hydrogens (tertiary/aromatic N) is 2. The molecule has 1 unspecified atom stereocenters. The largest absolute Gasteiger partial charge is 0.387 e. The topological polar surface area (TPSA) is 46.0 Å². The van der Waals surface area contributed by atoms with E-state index < -0.39 is 17.7 Å². The zero-order valence-electron chi connectivity index (χ0n) is 8.51. The Kier molecular flexibility index (Phi) is 4.03. The summed E-state index contributed by atoms with van der Waals surface area (Å²) in [5.41, 5.74) is 1.53. The van der Waals surface area contributed by atoms with Crippen molar-refractivity contribution in [3.05, 3.63) is 40.9 Å². The van der Waals surface area contributed by atoms with Gasteiger partial charge in [0.1, 0.15) is 17.1 Å². The monoisotopic (exact) mass is 274 g/mol. The van der Waals surface area contributed by atoms with Crippen LogP contribution in [0.15, 0.2) is 28.0 Å². The van der Waals surface area contributed by atoms with Gasteiger partial charge in [0.15, 0.2) is 4.34 Å². The molecule has 0 aliphatic carbocycles. The Balaban J connectivity index is 2.04. The summed E-state index contributed by atoms with van der Waals surface area (Å²) in [6.45, 7) is 0. The predicted molar refractivity (Wildman–Crippen MR) is 62.0 cm³/mol. The van der Waals surface area contributed by atoms with Crippen molar-refractivity contribution in [1.82, 2.24) is 10.2 Å². The van der Waals surface area contributed by atoms with Gasteiger partial charge in [-0.2, -0.15) is 0 Å². The van der Waals surface area contributed by atoms with Gasteiger partial charge in [-0.15, -0.1) is 10.2 Å². The van der Waals surface area contributed by atoms with Gasteiger partial charge in [0.05, 0.1) is 6.10 Å². The summed E-state index contributed by atoms with van der Waals surface area (Å²) in [6.07, 6.45) is -1.07. The molecule has 0 saturated carbocycles. The molecule has 0 spiro atoms. The number of hydrogen-bond acceptors (Lipinski definition) is 5. The predicted octanol–water partition coefficient (Wildman–Crippen LogP) is 2.64. The summed E-state index contributed by atoms with van der Waals surface area (Å²) in [7, 11) is 0. The molecule has 1 N–H and O–H groups in total. The van der Waals surface area contributed by atoms with E-state index in [4.69, 9.17) is 0 Å². The minimum absolute atomic E-state index is 0.0398. The fraction of sp³-hybridized carbons (Fsp3) is 0.200. The molecule has 0 aliphatic heterocycles. The van der Waals surface area contributed by atoms with E-state index in [0.29, 0.717) is 4.34 Å². The van der Waals surface area contributed by atoms with Crippen LogP contribution in [0.4, 0.5) is 8.78 Å². The zero-order valence-corrected chi connectivity index (χ0v) is 10.1. The first kappa shape index (κ1) is 12.4. The molecule has 3 nitrogen and oxygen atoms in total. The molecule has 1 heterocycles. The van der Waals surface area contributed by atoms with Crippen LogP contribution in [0.2, 0.25) is 0 Å². The highest BCUT2D eigenvalue weighted by Crippen LogP contribution is 2.27. The van der Waals surface area contributed by atoms with E-state index in [0.717, 1.165) is 18.2 Å². The molecule has 2 aromatic rings. The number of benzene rings is 1. The lowest BCUT2D eigenvalue weighted by atomic mass is 10.1. The van der Waals surface area contributed by atoms with Gasteiger partial charge in [0.2, 0.25) is 0 Å². The normalized spacial score (nSPS) is 12.6. The van der Waals surface area contributed by atoms with Crippen LogP contribution in [0.3, 0.4) is 0 Å². The second-order valence-corrected chi connectivity index (χ2v) is 5.30. The summed E-state index contributed by atoms with van der Waals surface area (Å²) < 4.78 is 26.9. The van der Waals surface area contributed by atoms with Crippen LogP contribution in [-0.2, 0) is 0 Å². The Bertz CT molecular complexity index is 493. The fourth-order valence-electron chi connectivity index (χ4n) is 1.24. The van der Waals surface area contributed by atoms with E-state index >= 15 is 0 Å². The number of hydrogen-bond donors (Lipinski definition) is 1. The molecule has 0 amide bonds. The van der Waals surface area contributed by atoms with Gasteiger partial charge in [0.25, 0.3) is 0 Å². The van der Waals surface area contributed by atoms with E-state index in [1.807, 2.05) is 0 Å². The molecule has 0 radical (unpaired) electrons. The van der Waals surface area contributed by atoms with Crippen molar-refractivity contribution in [3.8, 4) is 0 Å². The van der Waals surface area contributed by atoms with E-state index in [-0.39, 0.29) is 11.3 Å². The molecule has 1 aromatic carbocycles. The highest BCUT2D eigenvalue weighted by atomic mass is 32.2. The van der Waals surface area contributed by atoms with Crippen molar-refractivity contribution in [3.63, 3.8) is 0 Å². The molecule has 90 valence electrons. The van der Waals surface area contributed by atoms with Crippen LogP contribution in [0.1, 0.15) is 11.7 Å². The maximum absolute atomic E-state index is 13.3. The maximum Gasteiger partial charge on any atom is 0.174 e. The molecule has 0 bridgehead atoms. The summed E-state index contributed by atoms with van der Waals surface area (Å²) in [6, 6.07) is 3.02. The van der Waals surface area contributed by atoms with Gasteiger partial charge in [-0.05, 0) is 18.2 Å². The maximum atomic E-state index is 13.3. The van der Waals surface area contributed by atoms with Crippen LogP contribution < -0.4 is 0 Å². The summed E-state index contributed by atoms with van der Waals surface area (Å²) in [4.78, 5) is 0. The van der Waals surface area contributed by atoms with Gasteiger partial charge in [-0.1, -0.05) is 23.1 Å². The van der Waals surface area contributed by atoms with Crippen molar-refractivity contribution < 1.29 is 13.9 Å². The number of halogens is 2. The first-order valence-electron chi connectivity index (χ1n) is 4.69. The summed E-state index contributed by atoms with van der Waals surface area (Å²) in [5.74, 6) is -0.978. The number of rotatable bonds is 4. The number of aliphatic hydroxyl groups excluding tert-OH is 1. The lowest BCUT2D eigenvalue weighted by molar-refractivity contribution is 0.198. The number of thioether (sulfide) groups is 1. The highest BCUT2D eigenvalue weighted by molar-refractivity contribution is 8.01. The molecule has 0 aliphatic rings. The van der Waals surface area contributed by atoms with E-state index in [9.17, 15) is 13.9 Å². The lowest BCUT2D eigenvalue weighted by Crippen LogP contribution is -2.04. The van der Waals surface area contributed by atoms with E-state index in [1.54, 1.807) is 5.51 Å². The first-order valence-corrected chi connectivity index (χ1v) is 6.55. The molecule has 0 saturated heterocycles. The minimum Gasteiger partial charge on any atom is -0.387 e. The molecule has 7 heteroatoms. The third-order valence-corrected chi connectivity index (χ3v) is 3.96. The molecule has 1 aromatic heterocycles. The fourth-order valence-corrected chi connectivity index (χ4v) is 2.70. The standard InChI is InChI=1S/C10H8F2N2OS2/c11-6-1-2-8(12)7(3-6)9(15)4-16-10-14-13-5-17-10/h1-3,5,9,15H,4H2.